The molecular formula is C15H17F2NO2. The van der Waals surface area contributed by atoms with Gasteiger partial charge in [-0.15, -0.1) is 0 Å². The molecule has 1 unspecified atom stereocenters. The molecule has 1 amide bonds. The third kappa shape index (κ3) is 2.86. The summed E-state index contributed by atoms with van der Waals surface area (Å²) >= 11 is 0. The largest absolute Gasteiger partial charge is 0.335 e. The molecule has 1 atom stereocenters. The molecule has 2 rings (SSSR count). The van der Waals surface area contributed by atoms with E-state index in [9.17, 15) is 18.4 Å². The van der Waals surface area contributed by atoms with Crippen molar-refractivity contribution in [1.82, 2.24) is 4.90 Å². The van der Waals surface area contributed by atoms with Gasteiger partial charge in [0, 0.05) is 13.0 Å². The van der Waals surface area contributed by atoms with Crippen LogP contribution in [0.4, 0.5) is 8.78 Å². The first-order chi connectivity index (χ1) is 9.40. The smallest absolute Gasteiger partial charge is 0.223 e. The quantitative estimate of drug-likeness (QED) is 0.796. The number of carbonyl (C=O) groups excluding carboxylic acids is 2. The van der Waals surface area contributed by atoms with Gasteiger partial charge in [-0.25, -0.2) is 8.78 Å². The first-order valence-corrected chi connectivity index (χ1v) is 6.65. The van der Waals surface area contributed by atoms with Gasteiger partial charge in [0.05, 0.1) is 12.1 Å². The fraction of sp³-hybridized carbons (Fsp3) is 0.467. The lowest BCUT2D eigenvalue weighted by Crippen LogP contribution is -2.32. The Bertz CT molecular complexity index is 522. The number of ketones is 1. The van der Waals surface area contributed by atoms with Gasteiger partial charge in [0.1, 0.15) is 11.6 Å². The minimum atomic E-state index is -0.887. The summed E-state index contributed by atoms with van der Waals surface area (Å²) in [6.07, 6.45) is 0.394. The average Bonchev–Trinajstić information content (AvgIpc) is 2.71. The summed E-state index contributed by atoms with van der Waals surface area (Å²) in [6.45, 7) is 4.23. The highest BCUT2D eigenvalue weighted by atomic mass is 19.1. The van der Waals surface area contributed by atoms with E-state index < -0.39 is 23.0 Å². The molecule has 20 heavy (non-hydrogen) atoms. The van der Waals surface area contributed by atoms with Crippen molar-refractivity contribution in [2.45, 2.75) is 20.3 Å². The second kappa shape index (κ2) is 5.69. The highest BCUT2D eigenvalue weighted by molar-refractivity contribution is 6.00. The van der Waals surface area contributed by atoms with Crippen molar-refractivity contribution in [2.24, 2.45) is 11.8 Å². The van der Waals surface area contributed by atoms with Crippen molar-refractivity contribution in [2.75, 3.05) is 13.1 Å². The molecule has 1 aliphatic heterocycles. The summed E-state index contributed by atoms with van der Waals surface area (Å²) in [5.74, 6) is -2.07. The van der Waals surface area contributed by atoms with E-state index in [0.29, 0.717) is 18.9 Å². The van der Waals surface area contributed by atoms with Crippen LogP contribution in [0.1, 0.15) is 30.6 Å². The van der Waals surface area contributed by atoms with Crippen LogP contribution in [0.15, 0.2) is 18.2 Å². The normalized spacial score (nSPS) is 18.9. The molecule has 0 radical (unpaired) electrons. The molecule has 1 saturated heterocycles. The van der Waals surface area contributed by atoms with Gasteiger partial charge in [-0.1, -0.05) is 19.9 Å². The van der Waals surface area contributed by atoms with E-state index in [1.54, 1.807) is 0 Å². The molecule has 0 N–H and O–H groups in total. The van der Waals surface area contributed by atoms with Gasteiger partial charge in [0.2, 0.25) is 5.91 Å². The van der Waals surface area contributed by atoms with E-state index >= 15 is 0 Å². The Morgan fingerprint density at radius 1 is 1.35 bits per heavy atom. The van der Waals surface area contributed by atoms with Crippen LogP contribution in [-0.2, 0) is 4.79 Å². The predicted molar refractivity (Wildman–Crippen MR) is 70.2 cm³/mol. The van der Waals surface area contributed by atoms with Crippen molar-refractivity contribution in [3.63, 3.8) is 0 Å². The van der Waals surface area contributed by atoms with E-state index in [2.05, 4.69) is 0 Å². The van der Waals surface area contributed by atoms with Crippen molar-refractivity contribution < 1.29 is 18.4 Å². The second-order valence-corrected chi connectivity index (χ2v) is 5.50. The Kier molecular flexibility index (Phi) is 4.16. The van der Waals surface area contributed by atoms with E-state index in [1.807, 2.05) is 13.8 Å². The van der Waals surface area contributed by atoms with Gasteiger partial charge in [-0.05, 0) is 24.0 Å². The number of nitrogens with zero attached hydrogens (tertiary/aromatic N) is 1. The number of carbonyl (C=O) groups is 2. The maximum absolute atomic E-state index is 13.5. The number of halogens is 2. The molecule has 1 fully saturated rings. The molecule has 0 spiro atoms. The Morgan fingerprint density at radius 2 is 1.95 bits per heavy atom. The van der Waals surface area contributed by atoms with Gasteiger partial charge >= 0.3 is 0 Å². The van der Waals surface area contributed by atoms with Crippen LogP contribution < -0.4 is 0 Å². The van der Waals surface area contributed by atoms with Crippen LogP contribution in [-0.4, -0.2) is 29.7 Å². The lowest BCUT2D eigenvalue weighted by atomic mass is 9.95. The molecule has 0 aliphatic carbocycles. The standard InChI is InChI=1S/C15H17F2NO2/c1-9(2)10-6-14(20)18(7-10)8-13(19)15-11(16)4-3-5-12(15)17/h3-5,9-10H,6-8H2,1-2H3. The van der Waals surface area contributed by atoms with Crippen molar-refractivity contribution in [3.8, 4) is 0 Å². The highest BCUT2D eigenvalue weighted by Gasteiger charge is 2.33. The van der Waals surface area contributed by atoms with Crippen molar-refractivity contribution in [1.29, 1.82) is 0 Å². The predicted octanol–water partition coefficient (Wildman–Crippen LogP) is 2.65. The molecule has 5 heteroatoms. The zero-order valence-corrected chi connectivity index (χ0v) is 11.5. The minimum absolute atomic E-state index is 0.131. The molecule has 1 heterocycles. The molecular weight excluding hydrogens is 264 g/mol. The first-order valence-electron chi connectivity index (χ1n) is 6.65. The van der Waals surface area contributed by atoms with Crippen LogP contribution in [0.2, 0.25) is 0 Å². The highest BCUT2D eigenvalue weighted by Crippen LogP contribution is 2.25. The second-order valence-electron chi connectivity index (χ2n) is 5.50. The number of amides is 1. The van der Waals surface area contributed by atoms with Gasteiger partial charge in [0.15, 0.2) is 5.78 Å². The van der Waals surface area contributed by atoms with Crippen LogP contribution in [0.25, 0.3) is 0 Å². The molecule has 0 aromatic heterocycles. The van der Waals surface area contributed by atoms with Gasteiger partial charge < -0.3 is 4.90 Å². The summed E-state index contributed by atoms with van der Waals surface area (Å²) < 4.78 is 27.0. The molecule has 1 aromatic carbocycles. The Hall–Kier alpha value is -1.78. The lowest BCUT2D eigenvalue weighted by molar-refractivity contribution is -0.127. The zero-order chi connectivity index (χ0) is 14.9. The Morgan fingerprint density at radius 3 is 2.45 bits per heavy atom. The number of rotatable bonds is 4. The average molecular weight is 281 g/mol. The third-order valence-electron chi connectivity index (χ3n) is 3.76. The Balaban J connectivity index is 2.11. The van der Waals surface area contributed by atoms with Crippen LogP contribution in [0, 0.1) is 23.5 Å². The molecule has 0 saturated carbocycles. The van der Waals surface area contributed by atoms with E-state index in [1.165, 1.54) is 11.0 Å². The van der Waals surface area contributed by atoms with Gasteiger partial charge in [-0.2, -0.15) is 0 Å². The minimum Gasteiger partial charge on any atom is -0.335 e. The van der Waals surface area contributed by atoms with E-state index in [0.717, 1.165) is 12.1 Å². The number of likely N-dealkylation sites (tertiary alicyclic amines) is 1. The maximum Gasteiger partial charge on any atom is 0.223 e. The van der Waals surface area contributed by atoms with Crippen molar-refractivity contribution in [3.05, 3.63) is 35.4 Å². The number of Topliss-reactive ketones (excluding diaryl/α,β-unsaturated/α-hetero) is 1. The number of hydrogen-bond acceptors (Lipinski definition) is 2. The number of hydrogen-bond donors (Lipinski definition) is 0. The van der Waals surface area contributed by atoms with Crippen LogP contribution in [0.5, 0.6) is 0 Å². The SMILES string of the molecule is CC(C)C1CC(=O)N(CC(=O)c2c(F)cccc2F)C1. The Labute approximate surface area is 116 Å². The van der Waals surface area contributed by atoms with Crippen LogP contribution in [0.3, 0.4) is 0 Å². The molecule has 3 nitrogen and oxygen atoms in total. The topological polar surface area (TPSA) is 37.4 Å². The fourth-order valence-corrected chi connectivity index (χ4v) is 2.42. The summed E-state index contributed by atoms with van der Waals surface area (Å²) in [6, 6.07) is 3.29. The van der Waals surface area contributed by atoms with Gasteiger partial charge in [-0.3, -0.25) is 9.59 Å². The van der Waals surface area contributed by atoms with E-state index in [4.69, 9.17) is 0 Å². The lowest BCUT2D eigenvalue weighted by Gasteiger charge is -2.17. The first kappa shape index (κ1) is 14.6. The van der Waals surface area contributed by atoms with Crippen LogP contribution >= 0.6 is 0 Å². The monoisotopic (exact) mass is 281 g/mol. The molecule has 108 valence electrons. The molecule has 0 bridgehead atoms. The fourth-order valence-electron chi connectivity index (χ4n) is 2.42. The molecule has 1 aromatic rings. The maximum atomic E-state index is 13.5. The van der Waals surface area contributed by atoms with E-state index in [-0.39, 0.29) is 18.4 Å². The van der Waals surface area contributed by atoms with Gasteiger partial charge in [0.25, 0.3) is 0 Å². The summed E-state index contributed by atoms with van der Waals surface area (Å²) in [5.41, 5.74) is -0.562. The summed E-state index contributed by atoms with van der Waals surface area (Å²) in [4.78, 5) is 25.2. The summed E-state index contributed by atoms with van der Waals surface area (Å²) in [5, 5.41) is 0. The molecule has 1 aliphatic rings. The summed E-state index contributed by atoms with van der Waals surface area (Å²) in [7, 11) is 0. The number of benzene rings is 1. The third-order valence-corrected chi connectivity index (χ3v) is 3.76. The van der Waals surface area contributed by atoms with Crippen molar-refractivity contribution >= 4 is 11.7 Å². The zero-order valence-electron chi connectivity index (χ0n) is 11.5.